The molecule has 35 heavy (non-hydrogen) atoms. The van der Waals surface area contributed by atoms with Crippen LogP contribution in [0.15, 0.2) is 97.5 Å². The summed E-state index contributed by atoms with van der Waals surface area (Å²) in [6.07, 6.45) is 5.25. The summed E-state index contributed by atoms with van der Waals surface area (Å²) in [5.74, 6) is -1.62. The number of carboxylic acid groups (broad SMARTS) is 1. The molecule has 0 saturated heterocycles. The zero-order valence-corrected chi connectivity index (χ0v) is 18.6. The third kappa shape index (κ3) is 4.74. The van der Waals surface area contributed by atoms with E-state index < -0.39 is 11.9 Å². The number of rotatable bonds is 6. The van der Waals surface area contributed by atoms with E-state index in [1.807, 2.05) is 48.5 Å². The van der Waals surface area contributed by atoms with Gasteiger partial charge in [-0.25, -0.2) is 9.78 Å². The topological polar surface area (TPSA) is 105 Å². The van der Waals surface area contributed by atoms with Gasteiger partial charge in [-0.2, -0.15) is 0 Å². The van der Waals surface area contributed by atoms with Crippen LogP contribution in [0.4, 0.5) is 0 Å². The molecule has 0 atom stereocenters. The summed E-state index contributed by atoms with van der Waals surface area (Å²) in [5.41, 5.74) is 5.40. The molecule has 0 unspecified atom stereocenters. The van der Waals surface area contributed by atoms with E-state index in [1.165, 1.54) is 12.1 Å². The fourth-order valence-electron chi connectivity index (χ4n) is 3.85. The van der Waals surface area contributed by atoms with Gasteiger partial charge in [-0.05, 0) is 59.7 Å². The number of nitrogens with zero attached hydrogens (tertiary/aromatic N) is 3. The lowest BCUT2D eigenvalue weighted by molar-refractivity contribution is 0.0691. The Morgan fingerprint density at radius 2 is 1.57 bits per heavy atom. The van der Waals surface area contributed by atoms with Gasteiger partial charge in [0.25, 0.3) is 5.91 Å². The van der Waals surface area contributed by atoms with Crippen molar-refractivity contribution in [2.75, 3.05) is 0 Å². The van der Waals surface area contributed by atoms with Crippen LogP contribution < -0.4 is 5.32 Å². The first-order chi connectivity index (χ1) is 17.1. The first-order valence-corrected chi connectivity index (χ1v) is 11.0. The molecule has 0 aliphatic rings. The highest BCUT2D eigenvalue weighted by Crippen LogP contribution is 2.26. The maximum Gasteiger partial charge on any atom is 0.336 e. The predicted octanol–water partition coefficient (Wildman–Crippen LogP) is 4.99. The third-order valence-electron chi connectivity index (χ3n) is 5.63. The Labute approximate surface area is 201 Å². The lowest BCUT2D eigenvalue weighted by Crippen LogP contribution is -2.25. The Bertz CT molecular complexity index is 1550. The number of aromatic nitrogens is 3. The van der Waals surface area contributed by atoms with Crippen LogP contribution in [0.1, 0.15) is 26.4 Å². The molecule has 0 radical (unpaired) electrons. The Hall–Kier alpha value is -4.91. The first-order valence-electron chi connectivity index (χ1n) is 11.0. The van der Waals surface area contributed by atoms with Gasteiger partial charge in [0.15, 0.2) is 0 Å². The Kier molecular flexibility index (Phi) is 5.96. The van der Waals surface area contributed by atoms with E-state index in [0.29, 0.717) is 5.69 Å². The normalized spacial score (nSPS) is 10.7. The van der Waals surface area contributed by atoms with Gasteiger partial charge in [0.05, 0.1) is 34.6 Å². The number of benzene rings is 2. The molecule has 0 saturated carbocycles. The van der Waals surface area contributed by atoms with Crippen LogP contribution in [-0.2, 0) is 6.54 Å². The highest BCUT2D eigenvalue weighted by Gasteiger charge is 2.15. The lowest BCUT2D eigenvalue weighted by atomic mass is 10.0. The fourth-order valence-corrected chi connectivity index (χ4v) is 3.85. The molecule has 0 bridgehead atoms. The number of aromatic carboxylic acids is 1. The van der Waals surface area contributed by atoms with Crippen molar-refractivity contribution < 1.29 is 14.7 Å². The van der Waals surface area contributed by atoms with Gasteiger partial charge in [0.2, 0.25) is 0 Å². The average Bonchev–Trinajstić information content (AvgIpc) is 2.91. The number of fused-ring (bicyclic) bond motifs is 1. The maximum atomic E-state index is 12.6. The summed E-state index contributed by atoms with van der Waals surface area (Å²) in [6, 6.07) is 23.9. The van der Waals surface area contributed by atoms with Gasteiger partial charge in [-0.15, -0.1) is 0 Å². The smallest absolute Gasteiger partial charge is 0.336 e. The van der Waals surface area contributed by atoms with E-state index in [4.69, 9.17) is 4.98 Å². The summed E-state index contributed by atoms with van der Waals surface area (Å²) in [5, 5.41) is 12.9. The number of hydrogen-bond donors (Lipinski definition) is 2. The molecule has 2 N–H and O–H groups in total. The first kappa shape index (κ1) is 21.9. The molecule has 2 aromatic carbocycles. The van der Waals surface area contributed by atoms with E-state index in [9.17, 15) is 14.7 Å². The van der Waals surface area contributed by atoms with Crippen molar-refractivity contribution in [3.05, 3.63) is 114 Å². The number of carbonyl (C=O) groups excluding carboxylic acids is 1. The minimum atomic E-state index is -1.15. The highest BCUT2D eigenvalue weighted by molar-refractivity contribution is 6.04. The summed E-state index contributed by atoms with van der Waals surface area (Å²) in [4.78, 5) is 37.3. The second-order valence-corrected chi connectivity index (χ2v) is 7.91. The SMILES string of the molecule is O=C(O)c1ccccc1C(=O)NCc1cc2nc(-c3cccc(-c4ccncc4)c3)ccc2cn1. The lowest BCUT2D eigenvalue weighted by Gasteiger charge is -2.09. The second-order valence-electron chi connectivity index (χ2n) is 7.91. The standard InChI is InChI=1S/C28H20N4O3/c33-27(23-6-1-2-7-24(23)28(34)35)31-17-22-15-26-21(16-30-22)8-9-25(32-26)20-5-3-4-19(14-20)18-10-12-29-13-11-18/h1-16H,17H2,(H,31,33)(H,34,35). The van der Waals surface area contributed by atoms with Crippen LogP contribution in [0.25, 0.3) is 33.3 Å². The molecule has 0 fully saturated rings. The molecule has 0 aliphatic heterocycles. The van der Waals surface area contributed by atoms with E-state index >= 15 is 0 Å². The quantitative estimate of drug-likeness (QED) is 0.370. The number of amides is 1. The van der Waals surface area contributed by atoms with E-state index in [2.05, 4.69) is 21.4 Å². The molecular weight excluding hydrogens is 440 g/mol. The zero-order chi connectivity index (χ0) is 24.2. The van der Waals surface area contributed by atoms with Crippen molar-refractivity contribution in [3.63, 3.8) is 0 Å². The Morgan fingerprint density at radius 1 is 0.800 bits per heavy atom. The van der Waals surface area contributed by atoms with Gasteiger partial charge in [-0.3, -0.25) is 14.8 Å². The third-order valence-corrected chi connectivity index (χ3v) is 5.63. The monoisotopic (exact) mass is 460 g/mol. The molecule has 170 valence electrons. The summed E-state index contributed by atoms with van der Waals surface area (Å²) in [6.45, 7) is 0.145. The van der Waals surface area contributed by atoms with Crippen LogP contribution in [0, 0.1) is 0 Å². The summed E-state index contributed by atoms with van der Waals surface area (Å²) in [7, 11) is 0. The number of pyridine rings is 3. The minimum absolute atomic E-state index is 0.0447. The molecule has 7 heteroatoms. The fraction of sp³-hybridized carbons (Fsp3) is 0.0357. The van der Waals surface area contributed by atoms with E-state index in [0.717, 1.165) is 33.3 Å². The maximum absolute atomic E-state index is 12.6. The average molecular weight is 460 g/mol. The Balaban J connectivity index is 1.39. The number of nitrogens with one attached hydrogen (secondary N) is 1. The van der Waals surface area contributed by atoms with Crippen molar-refractivity contribution >= 4 is 22.8 Å². The molecule has 0 spiro atoms. The highest BCUT2D eigenvalue weighted by atomic mass is 16.4. The molecule has 3 heterocycles. The molecule has 5 rings (SSSR count). The van der Waals surface area contributed by atoms with E-state index in [-0.39, 0.29) is 17.7 Å². The number of carbonyl (C=O) groups is 2. The molecule has 1 amide bonds. The van der Waals surface area contributed by atoms with Gasteiger partial charge in [0.1, 0.15) is 0 Å². The molecule has 3 aromatic heterocycles. The van der Waals surface area contributed by atoms with Crippen molar-refractivity contribution in [3.8, 4) is 22.4 Å². The molecule has 0 aliphatic carbocycles. The van der Waals surface area contributed by atoms with Crippen LogP contribution >= 0.6 is 0 Å². The summed E-state index contributed by atoms with van der Waals surface area (Å²) < 4.78 is 0. The second kappa shape index (κ2) is 9.52. The minimum Gasteiger partial charge on any atom is -0.478 e. The largest absolute Gasteiger partial charge is 0.478 e. The number of hydrogen-bond acceptors (Lipinski definition) is 5. The van der Waals surface area contributed by atoms with E-state index in [1.54, 1.807) is 30.7 Å². The van der Waals surface area contributed by atoms with Crippen LogP contribution in [0.3, 0.4) is 0 Å². The molecule has 7 nitrogen and oxygen atoms in total. The van der Waals surface area contributed by atoms with Gasteiger partial charge in [-0.1, -0.05) is 30.3 Å². The summed E-state index contributed by atoms with van der Waals surface area (Å²) >= 11 is 0. The van der Waals surface area contributed by atoms with Gasteiger partial charge >= 0.3 is 5.97 Å². The van der Waals surface area contributed by atoms with Crippen molar-refractivity contribution in [1.82, 2.24) is 20.3 Å². The van der Waals surface area contributed by atoms with Crippen molar-refractivity contribution in [1.29, 1.82) is 0 Å². The van der Waals surface area contributed by atoms with Crippen LogP contribution in [0.2, 0.25) is 0 Å². The zero-order valence-electron chi connectivity index (χ0n) is 18.6. The van der Waals surface area contributed by atoms with Crippen molar-refractivity contribution in [2.45, 2.75) is 6.54 Å². The van der Waals surface area contributed by atoms with Crippen LogP contribution in [0.5, 0.6) is 0 Å². The van der Waals surface area contributed by atoms with Gasteiger partial charge < -0.3 is 10.4 Å². The molecule has 5 aromatic rings. The van der Waals surface area contributed by atoms with Crippen molar-refractivity contribution in [2.24, 2.45) is 0 Å². The number of carboxylic acids is 1. The predicted molar refractivity (Wildman–Crippen MR) is 133 cm³/mol. The van der Waals surface area contributed by atoms with Gasteiger partial charge in [0, 0.05) is 29.5 Å². The Morgan fingerprint density at radius 3 is 2.37 bits per heavy atom. The van der Waals surface area contributed by atoms with Crippen LogP contribution in [-0.4, -0.2) is 31.9 Å². The molecular formula is C28H20N4O3.